The summed E-state index contributed by atoms with van der Waals surface area (Å²) in [6, 6.07) is 16.5. The van der Waals surface area contributed by atoms with E-state index in [1.165, 1.54) is 11.1 Å². The van der Waals surface area contributed by atoms with Crippen molar-refractivity contribution in [3.8, 4) is 0 Å². The lowest BCUT2D eigenvalue weighted by Crippen LogP contribution is -2.03. The summed E-state index contributed by atoms with van der Waals surface area (Å²) in [4.78, 5) is 0. The molecule has 2 nitrogen and oxygen atoms in total. The van der Waals surface area contributed by atoms with Gasteiger partial charge in [-0.05, 0) is 29.3 Å². The van der Waals surface area contributed by atoms with Crippen molar-refractivity contribution in [2.45, 2.75) is 13.2 Å². The van der Waals surface area contributed by atoms with E-state index in [1.54, 1.807) is 7.11 Å². The average Bonchev–Trinajstić information content (AvgIpc) is 2.38. The Morgan fingerprint density at radius 2 is 1.83 bits per heavy atom. The Labute approximate surface area is 116 Å². The van der Waals surface area contributed by atoms with Crippen LogP contribution in [0.3, 0.4) is 0 Å². The lowest BCUT2D eigenvalue weighted by atomic mass is 10.1. The molecule has 0 saturated heterocycles. The van der Waals surface area contributed by atoms with Gasteiger partial charge in [0.15, 0.2) is 0 Å². The molecule has 2 rings (SSSR count). The molecule has 0 saturated carbocycles. The number of hydrogen-bond acceptors (Lipinski definition) is 2. The van der Waals surface area contributed by atoms with Gasteiger partial charge in [-0.15, -0.1) is 0 Å². The maximum atomic E-state index is 5.20. The molecule has 3 heteroatoms. The predicted octanol–water partition coefficient (Wildman–Crippen LogP) is 4.21. The van der Waals surface area contributed by atoms with Gasteiger partial charge in [0.1, 0.15) is 0 Å². The summed E-state index contributed by atoms with van der Waals surface area (Å²) in [5, 5.41) is 3.42. The van der Waals surface area contributed by atoms with E-state index < -0.39 is 0 Å². The van der Waals surface area contributed by atoms with Gasteiger partial charge >= 0.3 is 0 Å². The third-order valence-corrected chi connectivity index (χ3v) is 3.22. The van der Waals surface area contributed by atoms with Crippen molar-refractivity contribution in [3.63, 3.8) is 0 Å². The molecule has 0 radical (unpaired) electrons. The van der Waals surface area contributed by atoms with Crippen molar-refractivity contribution in [2.75, 3.05) is 12.4 Å². The third kappa shape index (κ3) is 3.59. The molecule has 0 atom stereocenters. The van der Waals surface area contributed by atoms with E-state index >= 15 is 0 Å². The maximum absolute atomic E-state index is 5.20. The smallest absolute Gasteiger partial charge is 0.0716 e. The fourth-order valence-corrected chi connectivity index (χ4v) is 2.22. The van der Waals surface area contributed by atoms with E-state index in [-0.39, 0.29) is 0 Å². The molecule has 0 unspecified atom stereocenters. The SMILES string of the molecule is COCc1ccccc1CNc1cccc(Br)c1. The summed E-state index contributed by atoms with van der Waals surface area (Å²) in [6.07, 6.45) is 0. The van der Waals surface area contributed by atoms with Crippen LogP contribution in [0.15, 0.2) is 53.0 Å². The Hall–Kier alpha value is -1.32. The first-order valence-electron chi connectivity index (χ1n) is 5.85. The highest BCUT2D eigenvalue weighted by atomic mass is 79.9. The van der Waals surface area contributed by atoms with E-state index in [0.717, 1.165) is 16.7 Å². The summed E-state index contributed by atoms with van der Waals surface area (Å²) >= 11 is 3.47. The molecule has 0 aliphatic carbocycles. The second-order valence-corrected chi connectivity index (χ2v) is 4.98. The first-order valence-corrected chi connectivity index (χ1v) is 6.64. The van der Waals surface area contributed by atoms with Gasteiger partial charge in [0.2, 0.25) is 0 Å². The molecule has 2 aromatic carbocycles. The highest BCUT2D eigenvalue weighted by Crippen LogP contribution is 2.17. The molecule has 0 aromatic heterocycles. The van der Waals surface area contributed by atoms with Crippen molar-refractivity contribution >= 4 is 21.6 Å². The molecule has 0 aliphatic rings. The van der Waals surface area contributed by atoms with Gasteiger partial charge in [0, 0.05) is 23.8 Å². The van der Waals surface area contributed by atoms with Gasteiger partial charge in [-0.1, -0.05) is 46.3 Å². The molecule has 0 spiro atoms. The minimum absolute atomic E-state index is 0.649. The normalized spacial score (nSPS) is 10.3. The summed E-state index contributed by atoms with van der Waals surface area (Å²) < 4.78 is 6.29. The van der Waals surface area contributed by atoms with Crippen LogP contribution in [0.25, 0.3) is 0 Å². The molecule has 0 aliphatic heterocycles. The Kier molecular flexibility index (Phi) is 4.79. The molecule has 0 fully saturated rings. The minimum atomic E-state index is 0.649. The maximum Gasteiger partial charge on any atom is 0.0716 e. The zero-order valence-electron chi connectivity index (χ0n) is 10.3. The third-order valence-electron chi connectivity index (χ3n) is 2.73. The molecule has 0 heterocycles. The van der Waals surface area contributed by atoms with Crippen molar-refractivity contribution in [3.05, 3.63) is 64.1 Å². The summed E-state index contributed by atoms with van der Waals surface area (Å²) in [7, 11) is 1.72. The number of hydrogen-bond donors (Lipinski definition) is 1. The van der Waals surface area contributed by atoms with Gasteiger partial charge in [-0.2, -0.15) is 0 Å². The standard InChI is InChI=1S/C15H16BrNO/c1-18-11-13-6-3-2-5-12(13)10-17-15-8-4-7-14(16)9-15/h2-9,17H,10-11H2,1H3. The molecule has 0 amide bonds. The summed E-state index contributed by atoms with van der Waals surface area (Å²) in [5.74, 6) is 0. The highest BCUT2D eigenvalue weighted by Gasteiger charge is 2.01. The predicted molar refractivity (Wildman–Crippen MR) is 78.6 cm³/mol. The Balaban J connectivity index is 2.06. The van der Waals surface area contributed by atoms with Crippen molar-refractivity contribution in [2.24, 2.45) is 0 Å². The number of nitrogens with one attached hydrogen (secondary N) is 1. The van der Waals surface area contributed by atoms with Crippen LogP contribution < -0.4 is 5.32 Å². The van der Waals surface area contributed by atoms with Crippen LogP contribution in [-0.4, -0.2) is 7.11 Å². The van der Waals surface area contributed by atoms with Crippen molar-refractivity contribution < 1.29 is 4.74 Å². The van der Waals surface area contributed by atoms with Gasteiger partial charge in [0.25, 0.3) is 0 Å². The molecule has 0 bridgehead atoms. The first kappa shape index (κ1) is 13.1. The molecule has 1 N–H and O–H groups in total. The van der Waals surface area contributed by atoms with Gasteiger partial charge < -0.3 is 10.1 Å². The zero-order valence-corrected chi connectivity index (χ0v) is 11.9. The molecule has 2 aromatic rings. The molecular weight excluding hydrogens is 290 g/mol. The Morgan fingerprint density at radius 3 is 2.56 bits per heavy atom. The highest BCUT2D eigenvalue weighted by molar-refractivity contribution is 9.10. The van der Waals surface area contributed by atoms with Gasteiger partial charge in [-0.3, -0.25) is 0 Å². The van der Waals surface area contributed by atoms with Crippen LogP contribution in [0, 0.1) is 0 Å². The minimum Gasteiger partial charge on any atom is -0.381 e. The van der Waals surface area contributed by atoms with E-state index in [9.17, 15) is 0 Å². The van der Waals surface area contributed by atoms with Crippen LogP contribution in [-0.2, 0) is 17.9 Å². The number of benzene rings is 2. The van der Waals surface area contributed by atoms with Crippen molar-refractivity contribution in [1.29, 1.82) is 0 Å². The lowest BCUT2D eigenvalue weighted by Gasteiger charge is -2.11. The van der Waals surface area contributed by atoms with Crippen LogP contribution in [0.2, 0.25) is 0 Å². The topological polar surface area (TPSA) is 21.3 Å². The van der Waals surface area contributed by atoms with E-state index in [4.69, 9.17) is 4.74 Å². The summed E-state index contributed by atoms with van der Waals surface area (Å²) in [6.45, 7) is 1.45. The number of anilines is 1. The van der Waals surface area contributed by atoms with Gasteiger partial charge in [-0.25, -0.2) is 0 Å². The number of rotatable bonds is 5. The van der Waals surface area contributed by atoms with Crippen LogP contribution in [0.5, 0.6) is 0 Å². The van der Waals surface area contributed by atoms with Crippen LogP contribution in [0.1, 0.15) is 11.1 Å². The van der Waals surface area contributed by atoms with Crippen LogP contribution >= 0.6 is 15.9 Å². The Bertz CT molecular complexity index is 513. The van der Waals surface area contributed by atoms with E-state index in [0.29, 0.717) is 6.61 Å². The second kappa shape index (κ2) is 6.57. The monoisotopic (exact) mass is 305 g/mol. The average molecular weight is 306 g/mol. The van der Waals surface area contributed by atoms with E-state index in [2.05, 4.69) is 51.6 Å². The van der Waals surface area contributed by atoms with E-state index in [1.807, 2.05) is 18.2 Å². The molecular formula is C15H16BrNO. The fourth-order valence-electron chi connectivity index (χ4n) is 1.82. The number of ether oxygens (including phenoxy) is 1. The summed E-state index contributed by atoms with van der Waals surface area (Å²) in [5.41, 5.74) is 3.60. The second-order valence-electron chi connectivity index (χ2n) is 4.07. The quantitative estimate of drug-likeness (QED) is 0.893. The lowest BCUT2D eigenvalue weighted by molar-refractivity contribution is 0.184. The van der Waals surface area contributed by atoms with Crippen LogP contribution in [0.4, 0.5) is 5.69 Å². The molecule has 18 heavy (non-hydrogen) atoms. The van der Waals surface area contributed by atoms with Gasteiger partial charge in [0.05, 0.1) is 6.61 Å². The largest absolute Gasteiger partial charge is 0.381 e. The molecule has 94 valence electrons. The number of halogens is 1. The number of methoxy groups -OCH3 is 1. The zero-order chi connectivity index (χ0) is 12.8. The fraction of sp³-hybridized carbons (Fsp3) is 0.200. The first-order chi connectivity index (χ1) is 8.79. The Morgan fingerprint density at radius 1 is 1.06 bits per heavy atom. The van der Waals surface area contributed by atoms with Crippen molar-refractivity contribution in [1.82, 2.24) is 0 Å².